The number of fused-ring (bicyclic) bond motifs is 2. The van der Waals surface area contributed by atoms with E-state index in [0.717, 1.165) is 59.4 Å². The van der Waals surface area contributed by atoms with Crippen LogP contribution in [0.4, 0.5) is 21.0 Å². The Labute approximate surface area is 379 Å². The molecule has 0 unspecified atom stereocenters. The highest BCUT2D eigenvalue weighted by molar-refractivity contribution is 6.11. The van der Waals surface area contributed by atoms with E-state index in [1.165, 1.54) is 32.1 Å². The third kappa shape index (κ3) is 14.1. The van der Waals surface area contributed by atoms with Gasteiger partial charge in [0.25, 0.3) is 0 Å². The number of ketones is 2. The maximum Gasteiger partial charge on any atom is 0.519 e. The van der Waals surface area contributed by atoms with E-state index >= 15 is 0 Å². The molecule has 2 aliphatic rings. The van der Waals surface area contributed by atoms with Crippen molar-refractivity contribution in [3.8, 4) is 0 Å². The number of nitrogens with zero attached hydrogens (tertiary/aromatic N) is 4. The van der Waals surface area contributed by atoms with Crippen LogP contribution in [0, 0.1) is 0 Å². The number of benzene rings is 4. The first-order valence-electron chi connectivity index (χ1n) is 22.1. The third-order valence-electron chi connectivity index (χ3n) is 10.7. The predicted molar refractivity (Wildman–Crippen MR) is 252 cm³/mol. The zero-order valence-corrected chi connectivity index (χ0v) is 38.1. The molecule has 0 atom stereocenters. The molecule has 1 saturated heterocycles. The molecule has 2 fully saturated rings. The van der Waals surface area contributed by atoms with Crippen LogP contribution in [0.2, 0.25) is 0 Å². The number of anilines is 2. The van der Waals surface area contributed by atoms with E-state index in [1.807, 2.05) is 42.7 Å². The number of aromatic nitrogens is 4. The average molecular weight is 882 g/mol. The number of carbonyl (C=O) groups excluding carboxylic acids is 4. The number of nitrogens with two attached hydrogens (primary N) is 2. The van der Waals surface area contributed by atoms with Gasteiger partial charge < -0.3 is 31.0 Å². The molecule has 1 saturated carbocycles. The van der Waals surface area contributed by atoms with Crippen LogP contribution in [0.5, 0.6) is 0 Å². The maximum atomic E-state index is 12.7. The standard InChI is InChI=1S/C21H21N3O.C20H20N4O.C10H18O5/c22-17-9-6-15(7-10-17)21(25)16-8-11-18-19(12-16)24-20(13-23-18)14-4-2-1-3-5-14;21-16-4-1-14(2-5-16)20(25)15-3-6-17-18(11-15)24-19(12-23-17)13-7-9-22-10-8-13;1-9(2,3)14-7(11)13-8(12)15-10(4,5)6/h6-14H,1-5,22H2;1-6,11-13,22H,7-10,21H2;1-6H3. The Morgan fingerprint density at radius 3 is 1.31 bits per heavy atom. The lowest BCUT2D eigenvalue weighted by Gasteiger charge is -2.21. The van der Waals surface area contributed by atoms with Crippen molar-refractivity contribution in [1.29, 1.82) is 0 Å². The minimum absolute atomic E-state index is 0.0215. The van der Waals surface area contributed by atoms with E-state index < -0.39 is 23.5 Å². The summed E-state index contributed by atoms with van der Waals surface area (Å²) in [4.78, 5) is 66.1. The molecule has 14 heteroatoms. The summed E-state index contributed by atoms with van der Waals surface area (Å²) in [5, 5.41) is 3.37. The third-order valence-corrected chi connectivity index (χ3v) is 10.7. The smallest absolute Gasteiger partial charge is 0.428 e. The summed E-state index contributed by atoms with van der Waals surface area (Å²) >= 11 is 0. The first-order valence-corrected chi connectivity index (χ1v) is 22.1. The van der Waals surface area contributed by atoms with Crippen molar-refractivity contribution < 1.29 is 33.4 Å². The summed E-state index contributed by atoms with van der Waals surface area (Å²) in [7, 11) is 0. The second-order valence-electron chi connectivity index (χ2n) is 18.3. The summed E-state index contributed by atoms with van der Waals surface area (Å²) in [6, 6.07) is 25.0. The molecule has 6 aromatic rings. The molecule has 1 aliphatic carbocycles. The Kier molecular flexibility index (Phi) is 15.6. The number of ether oxygens (including phenoxy) is 3. The quantitative estimate of drug-likeness (QED) is 0.0615. The number of hydrogen-bond donors (Lipinski definition) is 3. The normalized spacial score (nSPS) is 14.6. The molecule has 8 rings (SSSR count). The Bertz CT molecular complexity index is 2430. The van der Waals surface area contributed by atoms with Gasteiger partial charge in [-0.15, -0.1) is 0 Å². The van der Waals surface area contributed by atoms with Gasteiger partial charge >= 0.3 is 12.3 Å². The van der Waals surface area contributed by atoms with Crippen molar-refractivity contribution in [2.75, 3.05) is 24.6 Å². The highest BCUT2D eigenvalue weighted by atomic mass is 16.8. The van der Waals surface area contributed by atoms with Crippen molar-refractivity contribution in [1.82, 2.24) is 25.3 Å². The van der Waals surface area contributed by atoms with Crippen molar-refractivity contribution in [3.63, 3.8) is 0 Å². The van der Waals surface area contributed by atoms with Gasteiger partial charge in [0.05, 0.1) is 33.5 Å². The lowest BCUT2D eigenvalue weighted by Crippen LogP contribution is -2.29. The van der Waals surface area contributed by atoms with Crippen molar-refractivity contribution >= 4 is 57.3 Å². The molecular weight excluding hydrogens is 823 g/mol. The highest BCUT2D eigenvalue weighted by Crippen LogP contribution is 2.32. The monoisotopic (exact) mass is 881 g/mol. The van der Waals surface area contributed by atoms with Crippen LogP contribution in [0.1, 0.15) is 142 Å². The first kappa shape index (κ1) is 47.7. The number of nitrogen functional groups attached to an aromatic ring is 2. The summed E-state index contributed by atoms with van der Waals surface area (Å²) in [6.45, 7) is 12.0. The molecule has 2 aromatic heterocycles. The topological polar surface area (TPSA) is 212 Å². The van der Waals surface area contributed by atoms with Gasteiger partial charge in [-0.25, -0.2) is 19.6 Å². The van der Waals surface area contributed by atoms with Crippen LogP contribution in [-0.4, -0.2) is 68.1 Å². The second-order valence-corrected chi connectivity index (χ2v) is 18.3. The molecule has 4 aromatic carbocycles. The molecule has 0 spiro atoms. The van der Waals surface area contributed by atoms with Gasteiger partial charge in [0.2, 0.25) is 0 Å². The Balaban J connectivity index is 0.000000168. The Morgan fingerprint density at radius 1 is 0.523 bits per heavy atom. The number of hydrogen-bond acceptors (Lipinski definition) is 14. The predicted octanol–water partition coefficient (Wildman–Crippen LogP) is 10.3. The van der Waals surface area contributed by atoms with Gasteiger partial charge in [-0.05, 0) is 165 Å². The van der Waals surface area contributed by atoms with Crippen LogP contribution in [0.15, 0.2) is 97.3 Å². The SMILES string of the molecule is CC(C)(C)OC(=O)OC(=O)OC(C)(C)C.Nc1ccc(C(=O)c2ccc3ncc(C4CCCCC4)nc3c2)cc1.Nc1ccc(C(=O)c2ccc3ncc(C4CCNCC4)nc3c2)cc1. The van der Waals surface area contributed by atoms with Crippen LogP contribution < -0.4 is 16.8 Å². The zero-order chi connectivity index (χ0) is 46.7. The molecule has 0 radical (unpaired) electrons. The average Bonchev–Trinajstić information content (AvgIpc) is 3.28. The molecule has 5 N–H and O–H groups in total. The zero-order valence-electron chi connectivity index (χ0n) is 38.1. The Hall–Kier alpha value is -6.80. The fraction of sp³-hybridized carbons (Fsp3) is 0.373. The van der Waals surface area contributed by atoms with Crippen molar-refractivity contribution in [2.45, 2.75) is 110 Å². The molecule has 65 heavy (non-hydrogen) atoms. The van der Waals surface area contributed by atoms with Crippen LogP contribution in [-0.2, 0) is 14.2 Å². The molecule has 3 heterocycles. The second kappa shape index (κ2) is 21.3. The molecule has 14 nitrogen and oxygen atoms in total. The van der Waals surface area contributed by atoms with E-state index in [4.69, 9.17) is 30.9 Å². The van der Waals surface area contributed by atoms with Gasteiger partial charge in [-0.3, -0.25) is 19.6 Å². The number of carbonyl (C=O) groups is 4. The maximum absolute atomic E-state index is 12.7. The summed E-state index contributed by atoms with van der Waals surface area (Å²) < 4.78 is 13.8. The lowest BCUT2D eigenvalue weighted by atomic mass is 9.87. The molecular formula is C51H59N7O7. The van der Waals surface area contributed by atoms with Gasteiger partial charge in [0, 0.05) is 57.9 Å². The van der Waals surface area contributed by atoms with E-state index in [-0.39, 0.29) is 11.6 Å². The number of rotatable bonds is 6. The molecule has 340 valence electrons. The van der Waals surface area contributed by atoms with E-state index in [2.05, 4.69) is 20.0 Å². The summed E-state index contributed by atoms with van der Waals surface area (Å²) in [5.74, 6) is 0.888. The van der Waals surface area contributed by atoms with E-state index in [9.17, 15) is 19.2 Å². The van der Waals surface area contributed by atoms with Gasteiger partial charge in [0.1, 0.15) is 11.2 Å². The number of piperidine rings is 1. The van der Waals surface area contributed by atoms with E-state index in [0.29, 0.717) is 45.5 Å². The largest absolute Gasteiger partial charge is 0.519 e. The van der Waals surface area contributed by atoms with Crippen LogP contribution >= 0.6 is 0 Å². The molecule has 0 amide bonds. The van der Waals surface area contributed by atoms with Gasteiger partial charge in [0.15, 0.2) is 11.6 Å². The lowest BCUT2D eigenvalue weighted by molar-refractivity contribution is -0.0294. The minimum Gasteiger partial charge on any atom is -0.428 e. The first-order chi connectivity index (χ1) is 30.9. The fourth-order valence-corrected chi connectivity index (χ4v) is 7.46. The molecule has 0 bridgehead atoms. The minimum atomic E-state index is -1.06. The van der Waals surface area contributed by atoms with Crippen molar-refractivity contribution in [3.05, 3.63) is 131 Å². The highest BCUT2D eigenvalue weighted by Gasteiger charge is 2.25. The Morgan fingerprint density at radius 2 is 0.908 bits per heavy atom. The van der Waals surface area contributed by atoms with E-state index in [1.54, 1.807) is 96.1 Å². The van der Waals surface area contributed by atoms with Crippen molar-refractivity contribution in [2.24, 2.45) is 0 Å². The fourth-order valence-electron chi connectivity index (χ4n) is 7.46. The summed E-state index contributed by atoms with van der Waals surface area (Å²) in [5.41, 5.74) is 19.1. The van der Waals surface area contributed by atoms with Gasteiger partial charge in [-0.1, -0.05) is 19.3 Å². The van der Waals surface area contributed by atoms with Crippen LogP contribution in [0.25, 0.3) is 22.1 Å². The number of nitrogens with one attached hydrogen (secondary N) is 1. The summed E-state index contributed by atoms with van der Waals surface area (Å²) in [6.07, 6.45) is 10.0. The van der Waals surface area contributed by atoms with Crippen LogP contribution in [0.3, 0.4) is 0 Å². The molecule has 1 aliphatic heterocycles. The van der Waals surface area contributed by atoms with Gasteiger partial charge in [-0.2, -0.15) is 0 Å².